The summed E-state index contributed by atoms with van der Waals surface area (Å²) in [5.41, 5.74) is 0.992. The van der Waals surface area contributed by atoms with E-state index in [2.05, 4.69) is 26.3 Å². The van der Waals surface area contributed by atoms with E-state index >= 15 is 0 Å². The molecule has 0 unspecified atom stereocenters. The van der Waals surface area contributed by atoms with Crippen molar-refractivity contribution in [3.63, 3.8) is 0 Å². The van der Waals surface area contributed by atoms with Crippen LogP contribution in [0.1, 0.15) is 55.8 Å². The average molecular weight is 678 g/mol. The first-order valence-corrected chi connectivity index (χ1v) is 14.3. The topological polar surface area (TPSA) is 102 Å². The molecule has 0 bridgehead atoms. The molecule has 0 saturated carbocycles. The maximum Gasteiger partial charge on any atom is 0.417 e. The van der Waals surface area contributed by atoms with Gasteiger partial charge in [0.15, 0.2) is 0 Å². The van der Waals surface area contributed by atoms with Crippen LogP contribution in [0.5, 0.6) is 0 Å². The van der Waals surface area contributed by atoms with Gasteiger partial charge in [0.25, 0.3) is 17.4 Å². The number of hydrogen-bond acceptors (Lipinski definition) is 5. The van der Waals surface area contributed by atoms with E-state index in [0.29, 0.717) is 38.9 Å². The summed E-state index contributed by atoms with van der Waals surface area (Å²) < 4.78 is 43.2. The SMILES string of the molecule is CNC(=O)c1ccc(-n2c(-n3nc(C)c(Cl)c3C)nc3c(c2=O)C[C@@H](C)N(C(=O)c2ccc(Br)c(C(F)(F)F)c2)C3)cc1. The molecule has 0 radical (unpaired) electrons. The third-order valence-corrected chi connectivity index (χ3v) is 8.62. The maximum atomic E-state index is 14.1. The van der Waals surface area contributed by atoms with Crippen LogP contribution in [0.25, 0.3) is 11.6 Å². The Kier molecular flexibility index (Phi) is 7.99. The Balaban J connectivity index is 1.64. The molecule has 3 heterocycles. The number of nitrogens with zero attached hydrogens (tertiary/aromatic N) is 5. The van der Waals surface area contributed by atoms with E-state index < -0.39 is 29.2 Å². The van der Waals surface area contributed by atoms with Crippen LogP contribution in [0.3, 0.4) is 0 Å². The predicted molar refractivity (Wildman–Crippen MR) is 157 cm³/mol. The molecule has 0 spiro atoms. The van der Waals surface area contributed by atoms with Crippen molar-refractivity contribution in [3.8, 4) is 11.6 Å². The lowest BCUT2D eigenvalue weighted by Gasteiger charge is -2.34. The molecule has 4 aromatic rings. The number of rotatable bonds is 4. The molecule has 0 aliphatic carbocycles. The van der Waals surface area contributed by atoms with E-state index in [1.54, 1.807) is 45.0 Å². The van der Waals surface area contributed by atoms with E-state index in [9.17, 15) is 27.6 Å². The highest BCUT2D eigenvalue weighted by Crippen LogP contribution is 2.36. The minimum Gasteiger partial charge on any atom is -0.355 e. The molecule has 1 aliphatic heterocycles. The Hall–Kier alpha value is -3.97. The van der Waals surface area contributed by atoms with Gasteiger partial charge in [0, 0.05) is 34.3 Å². The number of amides is 2. The zero-order valence-electron chi connectivity index (χ0n) is 23.4. The number of fused-ring (bicyclic) bond motifs is 1. The molecule has 1 aliphatic rings. The predicted octanol–water partition coefficient (Wildman–Crippen LogP) is 5.42. The number of alkyl halides is 3. The zero-order chi connectivity index (χ0) is 31.4. The average Bonchev–Trinajstić information content (AvgIpc) is 3.23. The zero-order valence-corrected chi connectivity index (χ0v) is 25.7. The van der Waals surface area contributed by atoms with E-state index in [-0.39, 0.29) is 34.9 Å². The summed E-state index contributed by atoms with van der Waals surface area (Å²) in [6.07, 6.45) is -4.54. The van der Waals surface area contributed by atoms with Gasteiger partial charge in [-0.2, -0.15) is 18.3 Å². The van der Waals surface area contributed by atoms with Crippen molar-refractivity contribution >= 4 is 39.3 Å². The number of nitrogens with one attached hydrogen (secondary N) is 1. The van der Waals surface area contributed by atoms with Crippen molar-refractivity contribution in [2.75, 3.05) is 7.05 Å². The second-order valence-electron chi connectivity index (χ2n) is 10.2. The smallest absolute Gasteiger partial charge is 0.355 e. The van der Waals surface area contributed by atoms with Crippen molar-refractivity contribution in [1.82, 2.24) is 29.5 Å². The fraction of sp³-hybridized carbons (Fsp3) is 0.276. The molecule has 0 fully saturated rings. The molecule has 224 valence electrons. The molecule has 2 aromatic carbocycles. The van der Waals surface area contributed by atoms with Gasteiger partial charge in [-0.3, -0.25) is 14.4 Å². The number of benzene rings is 2. The van der Waals surface area contributed by atoms with E-state index in [1.807, 2.05) is 0 Å². The van der Waals surface area contributed by atoms with Gasteiger partial charge >= 0.3 is 6.18 Å². The summed E-state index contributed by atoms with van der Waals surface area (Å²) in [4.78, 5) is 45.9. The number of carbonyl (C=O) groups excluding carboxylic acids is 2. The molecule has 1 N–H and O–H groups in total. The summed E-state index contributed by atoms with van der Waals surface area (Å²) in [6.45, 7) is 5.04. The minimum atomic E-state index is -4.66. The first-order chi connectivity index (χ1) is 20.2. The molecule has 9 nitrogen and oxygen atoms in total. The first kappa shape index (κ1) is 30.5. The summed E-state index contributed by atoms with van der Waals surface area (Å²) in [5.74, 6) is -0.809. The Labute approximate surface area is 257 Å². The van der Waals surface area contributed by atoms with Crippen LogP contribution in [-0.2, 0) is 19.1 Å². The molecule has 14 heteroatoms. The lowest BCUT2D eigenvalue weighted by Crippen LogP contribution is -2.46. The number of hydrogen-bond donors (Lipinski definition) is 1. The molecule has 5 rings (SSSR count). The van der Waals surface area contributed by atoms with Crippen molar-refractivity contribution < 1.29 is 22.8 Å². The largest absolute Gasteiger partial charge is 0.417 e. The molecular weight excluding hydrogens is 653 g/mol. The van der Waals surface area contributed by atoms with Gasteiger partial charge in [0.05, 0.1) is 39.9 Å². The van der Waals surface area contributed by atoms with Gasteiger partial charge in [-0.15, -0.1) is 0 Å². The Bertz CT molecular complexity index is 1840. The van der Waals surface area contributed by atoms with Crippen molar-refractivity contribution in [2.24, 2.45) is 0 Å². The van der Waals surface area contributed by atoms with E-state index in [4.69, 9.17) is 16.6 Å². The van der Waals surface area contributed by atoms with Crippen molar-refractivity contribution in [3.05, 3.63) is 102 Å². The lowest BCUT2D eigenvalue weighted by atomic mass is 9.98. The minimum absolute atomic E-state index is 0.105. The molecule has 0 saturated heterocycles. The van der Waals surface area contributed by atoms with Crippen LogP contribution in [0.4, 0.5) is 13.2 Å². The Morgan fingerprint density at radius 2 is 1.74 bits per heavy atom. The van der Waals surface area contributed by atoms with Crippen LogP contribution in [-0.4, -0.2) is 49.1 Å². The summed E-state index contributed by atoms with van der Waals surface area (Å²) in [5, 5.41) is 7.41. The lowest BCUT2D eigenvalue weighted by molar-refractivity contribution is -0.138. The Morgan fingerprint density at radius 3 is 2.33 bits per heavy atom. The van der Waals surface area contributed by atoms with E-state index in [0.717, 1.165) is 6.07 Å². The van der Waals surface area contributed by atoms with Crippen molar-refractivity contribution in [2.45, 2.75) is 46.0 Å². The number of halogens is 5. The molecular formula is C29H25BrClF3N6O3. The normalized spacial score (nSPS) is 14.9. The standard InChI is InChI=1S/C29H25BrClF3N6O3/c1-14-11-20-23(13-38(14)26(42)18-7-10-22(30)21(12-18)29(32,33)34)36-28(40-16(3)24(31)15(2)37-40)39(27(20)43)19-8-5-17(6-9-19)25(41)35-4/h5-10,12,14H,11,13H2,1-4H3,(H,35,41)/t14-/m1/s1. The van der Waals surface area contributed by atoms with E-state index in [1.165, 1.54) is 33.3 Å². The number of aromatic nitrogens is 4. The highest BCUT2D eigenvalue weighted by atomic mass is 79.9. The van der Waals surface area contributed by atoms with Gasteiger partial charge in [0.1, 0.15) is 0 Å². The summed E-state index contributed by atoms with van der Waals surface area (Å²) >= 11 is 9.34. The van der Waals surface area contributed by atoms with Crippen molar-refractivity contribution in [1.29, 1.82) is 0 Å². The van der Waals surface area contributed by atoms with Crippen LogP contribution in [0.2, 0.25) is 5.02 Å². The van der Waals surface area contributed by atoms with Gasteiger partial charge in [-0.25, -0.2) is 14.2 Å². The maximum absolute atomic E-state index is 14.1. The highest BCUT2D eigenvalue weighted by molar-refractivity contribution is 9.10. The second-order valence-corrected chi connectivity index (χ2v) is 11.4. The van der Waals surface area contributed by atoms with Gasteiger partial charge in [0.2, 0.25) is 5.95 Å². The molecule has 1 atom stereocenters. The molecule has 43 heavy (non-hydrogen) atoms. The van der Waals surface area contributed by atoms with Gasteiger partial charge in [-0.05, 0) is 69.7 Å². The summed E-state index contributed by atoms with van der Waals surface area (Å²) in [7, 11) is 1.51. The third-order valence-electron chi connectivity index (χ3n) is 7.38. The first-order valence-electron chi connectivity index (χ1n) is 13.1. The van der Waals surface area contributed by atoms with Gasteiger partial charge in [-0.1, -0.05) is 27.5 Å². The second kappa shape index (κ2) is 11.3. The van der Waals surface area contributed by atoms with Crippen LogP contribution >= 0.6 is 27.5 Å². The summed E-state index contributed by atoms with van der Waals surface area (Å²) in [6, 6.07) is 9.19. The van der Waals surface area contributed by atoms with Crippen LogP contribution in [0, 0.1) is 13.8 Å². The van der Waals surface area contributed by atoms with Crippen LogP contribution < -0.4 is 10.9 Å². The number of aryl methyl sites for hydroxylation is 1. The monoisotopic (exact) mass is 676 g/mol. The fourth-order valence-electron chi connectivity index (χ4n) is 5.06. The molecule has 2 aromatic heterocycles. The number of carbonyl (C=O) groups is 2. The van der Waals surface area contributed by atoms with Gasteiger partial charge < -0.3 is 10.2 Å². The quantitative estimate of drug-likeness (QED) is 0.311. The van der Waals surface area contributed by atoms with Crippen LogP contribution in [0.15, 0.2) is 51.7 Å². The third kappa shape index (κ3) is 5.47. The highest BCUT2D eigenvalue weighted by Gasteiger charge is 2.36. The Morgan fingerprint density at radius 1 is 1.09 bits per heavy atom. The molecule has 2 amide bonds. The fourth-order valence-corrected chi connectivity index (χ4v) is 5.65.